The Labute approximate surface area is 142 Å². The monoisotopic (exact) mass is 382 g/mol. The van der Waals surface area contributed by atoms with E-state index in [0.717, 1.165) is 0 Å². The van der Waals surface area contributed by atoms with Gasteiger partial charge in [-0.2, -0.15) is 13.2 Å². The maximum atomic E-state index is 10.6. The van der Waals surface area contributed by atoms with Gasteiger partial charge in [-0.15, -0.1) is 0 Å². The van der Waals surface area contributed by atoms with Gasteiger partial charge in [-0.25, -0.2) is 4.79 Å². The molecule has 0 aliphatic carbocycles. The molecule has 0 unspecified atom stereocenters. The second-order valence-corrected chi connectivity index (χ2v) is 6.27. The van der Waals surface area contributed by atoms with Gasteiger partial charge in [0.1, 0.15) is 0 Å². The summed E-state index contributed by atoms with van der Waals surface area (Å²) in [4.78, 5) is 8.90. The van der Waals surface area contributed by atoms with Gasteiger partial charge in [0.15, 0.2) is 10.1 Å². The Morgan fingerprint density at radius 3 is 1.00 bits per heavy atom. The van der Waals surface area contributed by atoms with Crippen molar-refractivity contribution in [2.75, 3.05) is 13.2 Å². The summed E-state index contributed by atoms with van der Waals surface area (Å²) in [6.07, 6.45) is -5.08. The van der Waals surface area contributed by atoms with Gasteiger partial charge in [-0.1, -0.05) is 0 Å². The molecule has 6 nitrogen and oxygen atoms in total. The van der Waals surface area contributed by atoms with Crippen molar-refractivity contribution in [1.82, 2.24) is 0 Å². The first kappa shape index (κ1) is 26.8. The fourth-order valence-corrected chi connectivity index (χ4v) is 0.264. The fraction of sp³-hybridized carbons (Fsp3) is 0.750. The van der Waals surface area contributed by atoms with Crippen LogP contribution in [0.1, 0.15) is 27.7 Å². The molecule has 5 N–H and O–H groups in total. The number of carboxylic acid groups (broad SMARTS) is 1. The van der Waals surface area contributed by atoms with Crippen LogP contribution in [0, 0.1) is 10.8 Å². The Kier molecular flexibility index (Phi) is 12.5. The number of aliphatic hydroxyl groups is 4. The van der Waals surface area contributed by atoms with E-state index in [1.165, 1.54) is 0 Å². The Bertz CT molecular complexity index is 382. The molecule has 0 rings (SSSR count). The van der Waals surface area contributed by atoms with Gasteiger partial charge in [0, 0.05) is 0 Å². The van der Waals surface area contributed by atoms with Crippen molar-refractivity contribution in [2.45, 2.75) is 33.9 Å². The minimum absolute atomic E-state index is 0.109. The molecule has 0 aliphatic heterocycles. The van der Waals surface area contributed by atoms with E-state index in [9.17, 15) is 13.2 Å². The first-order valence-corrected chi connectivity index (χ1v) is 6.76. The molecule has 0 aromatic rings. The lowest BCUT2D eigenvalue weighted by Gasteiger charge is -2.16. The molecule has 11 heteroatoms. The minimum Gasteiger partial charge on any atom is -0.502 e. The summed E-state index contributed by atoms with van der Waals surface area (Å²) in [6, 6.07) is 0. The van der Waals surface area contributed by atoms with Crippen molar-refractivity contribution in [3.63, 3.8) is 0 Å². The molecule has 23 heavy (non-hydrogen) atoms. The summed E-state index contributed by atoms with van der Waals surface area (Å²) in [7, 11) is 0. The third-order valence-electron chi connectivity index (χ3n) is 2.19. The van der Waals surface area contributed by atoms with Crippen molar-refractivity contribution < 1.29 is 43.5 Å². The van der Waals surface area contributed by atoms with E-state index >= 15 is 0 Å². The molecule has 0 bridgehead atoms. The Hall–Kier alpha value is -1.04. The van der Waals surface area contributed by atoms with E-state index in [4.69, 9.17) is 30.3 Å². The van der Waals surface area contributed by atoms with E-state index in [-0.39, 0.29) is 23.3 Å². The van der Waals surface area contributed by atoms with Crippen LogP contribution in [0.2, 0.25) is 0 Å². The summed E-state index contributed by atoms with van der Waals surface area (Å²) in [5.41, 5.74) is -1.23. The Morgan fingerprint density at radius 1 is 0.826 bits per heavy atom. The zero-order chi connectivity index (χ0) is 19.6. The number of halogens is 3. The van der Waals surface area contributed by atoms with Crippen molar-refractivity contribution in [3.05, 3.63) is 0 Å². The number of carboxylic acids is 1. The van der Waals surface area contributed by atoms with Crippen LogP contribution in [0.25, 0.3) is 0 Å². The smallest absolute Gasteiger partial charge is 0.490 e. The van der Waals surface area contributed by atoms with Crippen LogP contribution >= 0.6 is 24.4 Å². The summed E-state index contributed by atoms with van der Waals surface area (Å²) in [5, 5.41) is 41.2. The standard InChI is InChI=1S/2C5H10O2S.C2HF3O2/c2*1-5(2,3-6)4(7)8;3-2(4,5)1(6)7/h2*6H,3H2,1-2H3,(H,7,8);(H,6,7). The number of aliphatic hydroxyl groups excluding tert-OH is 4. The molecular weight excluding hydrogens is 361 g/mol. The van der Waals surface area contributed by atoms with Crippen molar-refractivity contribution in [1.29, 1.82) is 0 Å². The average molecular weight is 382 g/mol. The van der Waals surface area contributed by atoms with Crippen LogP contribution < -0.4 is 0 Å². The number of rotatable bonds is 4. The highest BCUT2D eigenvalue weighted by molar-refractivity contribution is 7.80. The largest absolute Gasteiger partial charge is 0.502 e. The van der Waals surface area contributed by atoms with Gasteiger partial charge in [-0.05, 0) is 52.1 Å². The summed E-state index contributed by atoms with van der Waals surface area (Å²) in [5.74, 6) is -2.76. The first-order chi connectivity index (χ1) is 9.95. The van der Waals surface area contributed by atoms with Gasteiger partial charge < -0.3 is 25.5 Å². The lowest BCUT2D eigenvalue weighted by Crippen LogP contribution is -2.25. The second kappa shape index (κ2) is 10.7. The van der Waals surface area contributed by atoms with E-state index in [2.05, 4.69) is 24.4 Å². The molecule has 0 saturated carbocycles. The number of hydrogen-bond acceptors (Lipinski definition) is 5. The summed E-state index contributed by atoms with van der Waals surface area (Å²) in [6.45, 7) is 6.49. The van der Waals surface area contributed by atoms with Gasteiger partial charge in [0.25, 0.3) is 0 Å². The molecule has 0 spiro atoms. The molecule has 0 atom stereocenters. The maximum absolute atomic E-state index is 10.6. The molecule has 0 aromatic carbocycles. The lowest BCUT2D eigenvalue weighted by molar-refractivity contribution is -0.192. The molecule has 138 valence electrons. The third kappa shape index (κ3) is 14.3. The highest BCUT2D eigenvalue weighted by atomic mass is 32.1. The van der Waals surface area contributed by atoms with Gasteiger partial charge in [0.05, 0.1) is 24.0 Å². The van der Waals surface area contributed by atoms with Crippen molar-refractivity contribution >= 4 is 40.5 Å². The number of hydrogen-bond donors (Lipinski definition) is 5. The Balaban J connectivity index is -0.000000262. The highest BCUT2D eigenvalue weighted by Crippen LogP contribution is 2.14. The zero-order valence-corrected chi connectivity index (χ0v) is 14.6. The number of thiocarbonyl (C=S) groups is 2. The number of aliphatic carboxylic acids is 1. The minimum atomic E-state index is -5.08. The first-order valence-electron chi connectivity index (χ1n) is 5.94. The second-order valence-electron chi connectivity index (χ2n) is 5.50. The molecule has 0 saturated heterocycles. The van der Waals surface area contributed by atoms with Gasteiger partial charge in [-0.3, -0.25) is 0 Å². The molecule has 0 aliphatic rings. The van der Waals surface area contributed by atoms with Crippen LogP contribution in [0.5, 0.6) is 0 Å². The predicted molar refractivity (Wildman–Crippen MR) is 85.9 cm³/mol. The highest BCUT2D eigenvalue weighted by Gasteiger charge is 2.38. The lowest BCUT2D eigenvalue weighted by atomic mass is 9.97. The molecular formula is C12H21F3O6S2. The predicted octanol–water partition coefficient (Wildman–Crippen LogP) is 2.41. The molecule has 0 amide bonds. The summed E-state index contributed by atoms with van der Waals surface area (Å²) < 4.78 is 31.7. The van der Waals surface area contributed by atoms with E-state index in [0.29, 0.717) is 0 Å². The van der Waals surface area contributed by atoms with Gasteiger partial charge in [0.2, 0.25) is 0 Å². The molecule has 0 radical (unpaired) electrons. The average Bonchev–Trinajstić information content (AvgIpc) is 2.38. The molecule has 0 fully saturated rings. The van der Waals surface area contributed by atoms with E-state index < -0.39 is 23.0 Å². The molecule has 0 aromatic heterocycles. The number of alkyl halides is 3. The third-order valence-corrected chi connectivity index (χ3v) is 3.30. The normalized spacial score (nSPS) is 11.3. The maximum Gasteiger partial charge on any atom is 0.490 e. The quantitative estimate of drug-likeness (QED) is 0.471. The Morgan fingerprint density at radius 2 is 1.00 bits per heavy atom. The van der Waals surface area contributed by atoms with E-state index in [1.807, 2.05) is 0 Å². The number of carbonyl (C=O) groups is 1. The van der Waals surface area contributed by atoms with Crippen LogP contribution in [-0.4, -0.2) is 61.0 Å². The zero-order valence-electron chi connectivity index (χ0n) is 13.0. The van der Waals surface area contributed by atoms with Crippen molar-refractivity contribution in [2.24, 2.45) is 10.8 Å². The topological polar surface area (TPSA) is 118 Å². The van der Waals surface area contributed by atoms with Crippen LogP contribution in [0.15, 0.2) is 0 Å². The van der Waals surface area contributed by atoms with Crippen molar-refractivity contribution in [3.8, 4) is 0 Å². The molecule has 0 heterocycles. The van der Waals surface area contributed by atoms with Crippen LogP contribution in [0.4, 0.5) is 13.2 Å². The fourth-order valence-electron chi connectivity index (χ4n) is 0.135. The van der Waals surface area contributed by atoms with E-state index in [1.54, 1.807) is 27.7 Å². The van der Waals surface area contributed by atoms with Crippen LogP contribution in [-0.2, 0) is 4.79 Å². The SMILES string of the molecule is CC(C)(CO)C(O)=S.CC(C)(CO)C(O)=S.O=C(O)C(F)(F)F. The van der Waals surface area contributed by atoms with Gasteiger partial charge >= 0.3 is 12.1 Å². The summed E-state index contributed by atoms with van der Waals surface area (Å²) >= 11 is 8.85. The van der Waals surface area contributed by atoms with Crippen LogP contribution in [0.3, 0.4) is 0 Å².